The number of carbonyl (C=O) groups is 1. The molecular weight excluding hydrogens is 333 g/mol. The van der Waals surface area contributed by atoms with E-state index >= 15 is 0 Å². The SMILES string of the molecule is COC(=O)Cc1cc(Cl)cc(CBr)c1OC(F)F. The van der Waals surface area contributed by atoms with Crippen LogP contribution in [0.4, 0.5) is 8.78 Å². The van der Waals surface area contributed by atoms with Gasteiger partial charge in [0.1, 0.15) is 5.75 Å². The number of hydrogen-bond acceptors (Lipinski definition) is 3. The first kappa shape index (κ1) is 15.2. The predicted molar refractivity (Wildman–Crippen MR) is 66.4 cm³/mol. The van der Waals surface area contributed by atoms with Gasteiger partial charge in [0.2, 0.25) is 0 Å². The molecule has 0 heterocycles. The van der Waals surface area contributed by atoms with Crippen LogP contribution in [0.1, 0.15) is 11.1 Å². The summed E-state index contributed by atoms with van der Waals surface area (Å²) in [5.41, 5.74) is 0.714. The Bertz CT molecular complexity index is 441. The van der Waals surface area contributed by atoms with Crippen LogP contribution in [-0.4, -0.2) is 19.7 Å². The van der Waals surface area contributed by atoms with E-state index in [1.165, 1.54) is 19.2 Å². The number of hydrogen-bond donors (Lipinski definition) is 0. The normalized spacial score (nSPS) is 10.6. The highest BCUT2D eigenvalue weighted by atomic mass is 79.9. The second-order valence-corrected chi connectivity index (χ2v) is 4.32. The van der Waals surface area contributed by atoms with Crippen molar-refractivity contribution >= 4 is 33.5 Å². The Hall–Kier alpha value is -0.880. The van der Waals surface area contributed by atoms with Crippen LogP contribution in [0.2, 0.25) is 5.02 Å². The van der Waals surface area contributed by atoms with Gasteiger partial charge in [-0.2, -0.15) is 8.78 Å². The lowest BCUT2D eigenvalue weighted by Crippen LogP contribution is -2.11. The summed E-state index contributed by atoms with van der Waals surface area (Å²) in [4.78, 5) is 11.2. The van der Waals surface area contributed by atoms with Gasteiger partial charge in [-0.15, -0.1) is 0 Å². The number of rotatable bonds is 5. The van der Waals surface area contributed by atoms with Gasteiger partial charge in [-0.1, -0.05) is 27.5 Å². The molecule has 0 spiro atoms. The molecule has 0 fully saturated rings. The molecule has 0 atom stereocenters. The van der Waals surface area contributed by atoms with E-state index in [1.54, 1.807) is 0 Å². The molecule has 0 saturated heterocycles. The third-order valence-corrected chi connectivity index (χ3v) is 2.94. The van der Waals surface area contributed by atoms with Gasteiger partial charge in [0.15, 0.2) is 0 Å². The van der Waals surface area contributed by atoms with Gasteiger partial charge in [-0.05, 0) is 12.1 Å². The van der Waals surface area contributed by atoms with Crippen LogP contribution >= 0.6 is 27.5 Å². The standard InChI is InChI=1S/C11H10BrClF2O3/c1-17-9(16)4-6-2-8(13)3-7(5-12)10(6)18-11(14)15/h2-3,11H,4-5H2,1H3. The number of methoxy groups -OCH3 is 1. The molecule has 0 aromatic heterocycles. The highest BCUT2D eigenvalue weighted by molar-refractivity contribution is 9.08. The summed E-state index contributed by atoms with van der Waals surface area (Å²) in [6, 6.07) is 2.90. The summed E-state index contributed by atoms with van der Waals surface area (Å²) in [5, 5.41) is 0.619. The van der Waals surface area contributed by atoms with Crippen molar-refractivity contribution in [3.63, 3.8) is 0 Å². The Morgan fingerprint density at radius 2 is 2.06 bits per heavy atom. The highest BCUT2D eigenvalue weighted by Crippen LogP contribution is 2.31. The largest absolute Gasteiger partial charge is 0.469 e. The summed E-state index contributed by atoms with van der Waals surface area (Å²) >= 11 is 9.00. The van der Waals surface area contributed by atoms with Crippen molar-refractivity contribution in [2.45, 2.75) is 18.4 Å². The second-order valence-electron chi connectivity index (χ2n) is 3.32. The Balaban J connectivity index is 3.18. The van der Waals surface area contributed by atoms with E-state index in [0.717, 1.165) is 0 Å². The first-order valence-electron chi connectivity index (χ1n) is 4.86. The Kier molecular flexibility index (Phi) is 5.81. The van der Waals surface area contributed by atoms with Crippen LogP contribution in [-0.2, 0) is 21.3 Å². The lowest BCUT2D eigenvalue weighted by molar-refractivity contribution is -0.139. The minimum Gasteiger partial charge on any atom is -0.469 e. The van der Waals surface area contributed by atoms with Gasteiger partial charge in [0.25, 0.3) is 0 Å². The number of alkyl halides is 3. The maximum absolute atomic E-state index is 12.4. The zero-order valence-corrected chi connectivity index (χ0v) is 11.7. The molecule has 1 rings (SSSR count). The summed E-state index contributed by atoms with van der Waals surface area (Å²) in [6.07, 6.45) is -0.181. The second kappa shape index (κ2) is 6.89. The first-order valence-corrected chi connectivity index (χ1v) is 6.36. The van der Waals surface area contributed by atoms with Crippen molar-refractivity contribution < 1.29 is 23.0 Å². The van der Waals surface area contributed by atoms with E-state index in [9.17, 15) is 13.6 Å². The maximum atomic E-state index is 12.4. The fourth-order valence-corrected chi connectivity index (χ4v) is 2.09. The molecule has 0 aliphatic heterocycles. The van der Waals surface area contributed by atoms with E-state index < -0.39 is 12.6 Å². The summed E-state index contributed by atoms with van der Waals surface area (Å²) < 4.78 is 33.6. The Labute approximate surface area is 116 Å². The summed E-state index contributed by atoms with van der Waals surface area (Å²) in [7, 11) is 1.21. The molecule has 1 aromatic carbocycles. The Morgan fingerprint density at radius 3 is 2.56 bits per heavy atom. The average molecular weight is 344 g/mol. The molecule has 7 heteroatoms. The zero-order valence-electron chi connectivity index (χ0n) is 9.38. The van der Waals surface area contributed by atoms with Crippen molar-refractivity contribution in [1.82, 2.24) is 0 Å². The van der Waals surface area contributed by atoms with Crippen molar-refractivity contribution in [3.05, 3.63) is 28.3 Å². The molecule has 0 N–H and O–H groups in total. The van der Waals surface area contributed by atoms with Crippen LogP contribution in [0.15, 0.2) is 12.1 Å². The topological polar surface area (TPSA) is 35.5 Å². The third kappa shape index (κ3) is 4.10. The zero-order chi connectivity index (χ0) is 13.7. The summed E-state index contributed by atoms with van der Waals surface area (Å²) in [6.45, 7) is -2.97. The fraction of sp³-hybridized carbons (Fsp3) is 0.364. The molecule has 1 aromatic rings. The number of ether oxygens (including phenoxy) is 2. The van der Waals surface area contributed by atoms with Crippen LogP contribution in [0, 0.1) is 0 Å². The van der Waals surface area contributed by atoms with E-state index in [4.69, 9.17) is 11.6 Å². The van der Waals surface area contributed by atoms with E-state index in [2.05, 4.69) is 25.4 Å². The molecule has 0 amide bonds. The smallest absolute Gasteiger partial charge is 0.387 e. The molecule has 0 aliphatic rings. The lowest BCUT2D eigenvalue weighted by Gasteiger charge is -2.14. The van der Waals surface area contributed by atoms with Crippen molar-refractivity contribution in [2.75, 3.05) is 7.11 Å². The van der Waals surface area contributed by atoms with Crippen molar-refractivity contribution in [3.8, 4) is 5.75 Å². The van der Waals surface area contributed by atoms with Crippen LogP contribution in [0.5, 0.6) is 5.75 Å². The van der Waals surface area contributed by atoms with Gasteiger partial charge in [0, 0.05) is 21.5 Å². The maximum Gasteiger partial charge on any atom is 0.387 e. The number of benzene rings is 1. The van der Waals surface area contributed by atoms with E-state index in [-0.39, 0.29) is 23.1 Å². The van der Waals surface area contributed by atoms with Crippen LogP contribution in [0.25, 0.3) is 0 Å². The fourth-order valence-electron chi connectivity index (χ4n) is 1.41. The predicted octanol–water partition coefficient (Wildman–Crippen LogP) is 3.55. The van der Waals surface area contributed by atoms with Crippen molar-refractivity contribution in [2.24, 2.45) is 0 Å². The lowest BCUT2D eigenvalue weighted by atomic mass is 10.1. The van der Waals surface area contributed by atoms with Gasteiger partial charge in [-0.3, -0.25) is 4.79 Å². The number of halogens is 4. The van der Waals surface area contributed by atoms with Crippen molar-refractivity contribution in [1.29, 1.82) is 0 Å². The average Bonchev–Trinajstić information content (AvgIpc) is 2.31. The minimum absolute atomic E-state index is 0.0447. The van der Waals surface area contributed by atoms with Gasteiger partial charge in [-0.25, -0.2) is 0 Å². The molecule has 0 bridgehead atoms. The quantitative estimate of drug-likeness (QED) is 0.606. The molecule has 100 valence electrons. The van der Waals surface area contributed by atoms with E-state index in [1.807, 2.05) is 0 Å². The van der Waals surface area contributed by atoms with Gasteiger partial charge >= 0.3 is 12.6 Å². The van der Waals surface area contributed by atoms with Crippen LogP contribution in [0.3, 0.4) is 0 Å². The van der Waals surface area contributed by atoms with Gasteiger partial charge in [0.05, 0.1) is 13.5 Å². The van der Waals surface area contributed by atoms with E-state index in [0.29, 0.717) is 10.6 Å². The number of esters is 1. The molecule has 0 radical (unpaired) electrons. The number of carbonyl (C=O) groups excluding carboxylic acids is 1. The molecule has 0 aliphatic carbocycles. The highest BCUT2D eigenvalue weighted by Gasteiger charge is 2.17. The van der Waals surface area contributed by atoms with Gasteiger partial charge < -0.3 is 9.47 Å². The minimum atomic E-state index is -2.97. The Morgan fingerprint density at radius 1 is 1.44 bits per heavy atom. The first-order chi connectivity index (χ1) is 8.47. The molecular formula is C11H10BrClF2O3. The summed E-state index contributed by atoms with van der Waals surface area (Å²) in [5.74, 6) is -0.603. The molecule has 3 nitrogen and oxygen atoms in total. The monoisotopic (exact) mass is 342 g/mol. The molecule has 0 unspecified atom stereocenters. The van der Waals surface area contributed by atoms with Crippen LogP contribution < -0.4 is 4.74 Å². The third-order valence-electron chi connectivity index (χ3n) is 2.12. The molecule has 18 heavy (non-hydrogen) atoms. The molecule has 0 saturated carbocycles.